The first kappa shape index (κ1) is 11.5. The maximum Gasteiger partial charge on any atom is 0.238 e. The van der Waals surface area contributed by atoms with Crippen LogP contribution in [0.1, 0.15) is 43.1 Å². The Morgan fingerprint density at radius 3 is 3.00 bits per heavy atom. The topological polar surface area (TPSA) is 78.1 Å². The lowest BCUT2D eigenvalue weighted by atomic mass is 9.86. The van der Waals surface area contributed by atoms with E-state index in [1.165, 1.54) is 0 Å². The number of rotatable bonds is 2. The zero-order valence-corrected chi connectivity index (χ0v) is 10.4. The van der Waals surface area contributed by atoms with Crippen LogP contribution in [0.15, 0.2) is 21.3 Å². The highest BCUT2D eigenvalue weighted by molar-refractivity contribution is 5.51. The molecular formula is C13H17N3O2. The van der Waals surface area contributed by atoms with Gasteiger partial charge in [-0.2, -0.15) is 4.98 Å². The molecule has 5 nitrogen and oxygen atoms in total. The molecule has 5 heteroatoms. The Balaban J connectivity index is 1.83. The van der Waals surface area contributed by atoms with Gasteiger partial charge in [0.15, 0.2) is 5.76 Å². The molecule has 1 fully saturated rings. The highest BCUT2D eigenvalue weighted by Crippen LogP contribution is 2.32. The van der Waals surface area contributed by atoms with Crippen LogP contribution in [-0.2, 0) is 0 Å². The highest BCUT2D eigenvalue weighted by atomic mass is 16.5. The van der Waals surface area contributed by atoms with E-state index in [0.29, 0.717) is 23.4 Å². The Morgan fingerprint density at radius 1 is 1.39 bits per heavy atom. The summed E-state index contributed by atoms with van der Waals surface area (Å²) in [6.07, 6.45) is 5.86. The van der Waals surface area contributed by atoms with Crippen LogP contribution in [-0.4, -0.2) is 16.2 Å². The number of hydrogen-bond donors (Lipinski definition) is 1. The van der Waals surface area contributed by atoms with Crippen molar-refractivity contribution in [1.82, 2.24) is 10.1 Å². The molecule has 0 amide bonds. The number of nitrogens with zero attached hydrogens (tertiary/aromatic N) is 2. The molecule has 1 aliphatic carbocycles. The molecule has 0 aromatic carbocycles. The first-order valence-electron chi connectivity index (χ1n) is 6.37. The van der Waals surface area contributed by atoms with E-state index in [1.54, 1.807) is 6.26 Å². The zero-order valence-electron chi connectivity index (χ0n) is 10.4. The van der Waals surface area contributed by atoms with E-state index in [4.69, 9.17) is 14.7 Å². The van der Waals surface area contributed by atoms with Gasteiger partial charge in [-0.25, -0.2) is 0 Å². The Morgan fingerprint density at radius 2 is 2.28 bits per heavy atom. The van der Waals surface area contributed by atoms with Gasteiger partial charge in [0.1, 0.15) is 0 Å². The van der Waals surface area contributed by atoms with Gasteiger partial charge in [-0.05, 0) is 37.8 Å². The highest BCUT2D eigenvalue weighted by Gasteiger charge is 2.26. The zero-order chi connectivity index (χ0) is 12.5. The van der Waals surface area contributed by atoms with Gasteiger partial charge in [0.2, 0.25) is 11.7 Å². The summed E-state index contributed by atoms with van der Waals surface area (Å²) in [5.74, 6) is 2.21. The lowest BCUT2D eigenvalue weighted by Crippen LogP contribution is -2.26. The van der Waals surface area contributed by atoms with Gasteiger partial charge in [-0.1, -0.05) is 11.6 Å². The first-order chi connectivity index (χ1) is 8.74. The summed E-state index contributed by atoms with van der Waals surface area (Å²) >= 11 is 0. The molecule has 3 rings (SSSR count). The molecule has 96 valence electrons. The Kier molecular flexibility index (Phi) is 2.91. The number of hydrogen-bond acceptors (Lipinski definition) is 5. The maximum atomic E-state index is 5.98. The summed E-state index contributed by atoms with van der Waals surface area (Å²) in [7, 11) is 0. The van der Waals surface area contributed by atoms with Crippen LogP contribution in [0, 0.1) is 6.92 Å². The summed E-state index contributed by atoms with van der Waals surface area (Å²) in [5.41, 5.74) is 7.00. The van der Waals surface area contributed by atoms with Crippen molar-refractivity contribution in [3.63, 3.8) is 0 Å². The summed E-state index contributed by atoms with van der Waals surface area (Å²) in [6, 6.07) is 2.14. The maximum absolute atomic E-state index is 5.98. The quantitative estimate of drug-likeness (QED) is 0.882. The number of nitrogens with two attached hydrogens (primary N) is 1. The molecule has 2 aromatic rings. The third-order valence-corrected chi connectivity index (χ3v) is 3.57. The predicted molar refractivity (Wildman–Crippen MR) is 65.9 cm³/mol. The Hall–Kier alpha value is -1.62. The molecule has 2 unspecified atom stereocenters. The van der Waals surface area contributed by atoms with Crippen molar-refractivity contribution >= 4 is 0 Å². The molecule has 0 saturated heterocycles. The fourth-order valence-corrected chi connectivity index (χ4v) is 2.55. The lowest BCUT2D eigenvalue weighted by Gasteiger charge is -2.23. The SMILES string of the molecule is Cc1ccoc1-c1noc(C2CCCC(N)C2)n1. The van der Waals surface area contributed by atoms with Crippen molar-refractivity contribution in [3.8, 4) is 11.6 Å². The van der Waals surface area contributed by atoms with Crippen molar-refractivity contribution in [2.45, 2.75) is 44.6 Å². The Bertz CT molecular complexity index is 532. The molecular weight excluding hydrogens is 230 g/mol. The van der Waals surface area contributed by atoms with Crippen LogP contribution < -0.4 is 5.73 Å². The van der Waals surface area contributed by atoms with Crippen LogP contribution in [0.4, 0.5) is 0 Å². The van der Waals surface area contributed by atoms with Gasteiger partial charge >= 0.3 is 0 Å². The molecule has 1 saturated carbocycles. The molecule has 0 spiro atoms. The second-order valence-corrected chi connectivity index (χ2v) is 5.01. The molecule has 0 radical (unpaired) electrons. The molecule has 2 atom stereocenters. The molecule has 2 heterocycles. The van der Waals surface area contributed by atoms with Crippen molar-refractivity contribution in [3.05, 3.63) is 23.8 Å². The smallest absolute Gasteiger partial charge is 0.238 e. The summed E-state index contributed by atoms with van der Waals surface area (Å²) in [5, 5.41) is 4.00. The van der Waals surface area contributed by atoms with Crippen LogP contribution in [0.5, 0.6) is 0 Å². The monoisotopic (exact) mass is 247 g/mol. The minimum Gasteiger partial charge on any atom is -0.461 e. The van der Waals surface area contributed by atoms with E-state index in [0.717, 1.165) is 31.2 Å². The van der Waals surface area contributed by atoms with Gasteiger partial charge in [0, 0.05) is 12.0 Å². The fourth-order valence-electron chi connectivity index (χ4n) is 2.55. The first-order valence-corrected chi connectivity index (χ1v) is 6.37. The second-order valence-electron chi connectivity index (χ2n) is 5.01. The predicted octanol–water partition coefficient (Wildman–Crippen LogP) is 2.62. The van der Waals surface area contributed by atoms with Crippen LogP contribution in [0.25, 0.3) is 11.6 Å². The van der Waals surface area contributed by atoms with Crippen molar-refractivity contribution in [2.75, 3.05) is 0 Å². The standard InChI is InChI=1S/C13H17N3O2/c1-8-5-6-17-11(8)12-15-13(18-16-12)9-3-2-4-10(14)7-9/h5-6,9-10H,2-4,7,14H2,1H3. The second kappa shape index (κ2) is 4.57. The van der Waals surface area contributed by atoms with Crippen LogP contribution in [0.2, 0.25) is 0 Å². The lowest BCUT2D eigenvalue weighted by molar-refractivity contribution is 0.298. The fraction of sp³-hybridized carbons (Fsp3) is 0.538. The van der Waals surface area contributed by atoms with Crippen molar-refractivity contribution < 1.29 is 8.94 Å². The summed E-state index contributed by atoms with van der Waals surface area (Å²) in [6.45, 7) is 1.96. The van der Waals surface area contributed by atoms with E-state index in [9.17, 15) is 0 Å². The van der Waals surface area contributed by atoms with E-state index in [-0.39, 0.29) is 6.04 Å². The number of aromatic nitrogens is 2. The number of furan rings is 1. The van der Waals surface area contributed by atoms with E-state index >= 15 is 0 Å². The largest absolute Gasteiger partial charge is 0.461 e. The van der Waals surface area contributed by atoms with Gasteiger partial charge in [-0.3, -0.25) is 0 Å². The average molecular weight is 247 g/mol. The summed E-state index contributed by atoms with van der Waals surface area (Å²) < 4.78 is 10.7. The molecule has 18 heavy (non-hydrogen) atoms. The minimum atomic E-state index is 0.254. The van der Waals surface area contributed by atoms with Crippen molar-refractivity contribution in [1.29, 1.82) is 0 Å². The average Bonchev–Trinajstić information content (AvgIpc) is 2.97. The van der Waals surface area contributed by atoms with Crippen LogP contribution in [0.3, 0.4) is 0 Å². The van der Waals surface area contributed by atoms with Crippen LogP contribution >= 0.6 is 0 Å². The third kappa shape index (κ3) is 2.06. The minimum absolute atomic E-state index is 0.254. The summed E-state index contributed by atoms with van der Waals surface area (Å²) in [4.78, 5) is 4.44. The van der Waals surface area contributed by atoms with Gasteiger partial charge in [0.25, 0.3) is 0 Å². The van der Waals surface area contributed by atoms with E-state index < -0.39 is 0 Å². The van der Waals surface area contributed by atoms with Gasteiger partial charge in [0.05, 0.1) is 6.26 Å². The third-order valence-electron chi connectivity index (χ3n) is 3.57. The molecule has 0 bridgehead atoms. The molecule has 2 N–H and O–H groups in total. The van der Waals surface area contributed by atoms with Gasteiger partial charge in [-0.15, -0.1) is 0 Å². The normalized spacial score (nSPS) is 24.3. The van der Waals surface area contributed by atoms with E-state index in [2.05, 4.69) is 10.1 Å². The molecule has 1 aliphatic rings. The number of aryl methyl sites for hydroxylation is 1. The van der Waals surface area contributed by atoms with Crippen molar-refractivity contribution in [2.24, 2.45) is 5.73 Å². The molecule has 2 aromatic heterocycles. The van der Waals surface area contributed by atoms with E-state index in [1.807, 2.05) is 13.0 Å². The Labute approximate surface area is 105 Å². The van der Waals surface area contributed by atoms with Gasteiger partial charge < -0.3 is 14.7 Å². The molecule has 0 aliphatic heterocycles.